The highest BCUT2D eigenvalue weighted by Crippen LogP contribution is 2.26. The van der Waals surface area contributed by atoms with Crippen molar-refractivity contribution in [1.82, 2.24) is 9.80 Å². The fraction of sp³-hybridized carbons (Fsp3) is 0.786. The van der Waals surface area contributed by atoms with Crippen LogP contribution in [-0.4, -0.2) is 54.7 Å². The third kappa shape index (κ3) is 4.97. The van der Waals surface area contributed by atoms with Gasteiger partial charge in [-0.1, -0.05) is 5.92 Å². The Morgan fingerprint density at radius 3 is 2.33 bits per heavy atom. The summed E-state index contributed by atoms with van der Waals surface area (Å²) in [5.74, 6) is 7.02. The Balaban J connectivity index is 2.29. The first-order chi connectivity index (χ1) is 8.50. The second-order valence-corrected chi connectivity index (χ2v) is 5.27. The molecule has 0 aromatic heterocycles. The van der Waals surface area contributed by atoms with E-state index < -0.39 is 6.09 Å². The Morgan fingerprint density at radius 2 is 1.83 bits per heavy atom. The Hall–Kier alpha value is -1.21. The molecule has 4 heteroatoms. The summed E-state index contributed by atoms with van der Waals surface area (Å²) in [7, 11) is 5.76. The normalized spacial score (nSPS) is 23.3. The van der Waals surface area contributed by atoms with Crippen LogP contribution in [0, 0.1) is 17.8 Å². The van der Waals surface area contributed by atoms with Crippen LogP contribution in [0.2, 0.25) is 0 Å². The Kier molecular flexibility index (Phi) is 6.00. The maximum absolute atomic E-state index is 10.8. The molecule has 0 radical (unpaired) electrons. The third-order valence-corrected chi connectivity index (χ3v) is 3.54. The second kappa shape index (κ2) is 7.27. The molecule has 0 atom stereocenters. The van der Waals surface area contributed by atoms with Gasteiger partial charge in [0.1, 0.15) is 0 Å². The van der Waals surface area contributed by atoms with Crippen molar-refractivity contribution in [2.24, 2.45) is 5.92 Å². The molecule has 1 amide bonds. The van der Waals surface area contributed by atoms with Gasteiger partial charge in [-0.3, -0.25) is 0 Å². The SMILES string of the molecule is CN(C)CCC#CC1CCC(N(C)C(=O)O)CC1. The highest BCUT2D eigenvalue weighted by molar-refractivity contribution is 5.64. The van der Waals surface area contributed by atoms with Gasteiger partial charge < -0.3 is 14.9 Å². The predicted octanol–water partition coefficient (Wildman–Crippen LogP) is 2.11. The van der Waals surface area contributed by atoms with Gasteiger partial charge in [0.15, 0.2) is 0 Å². The predicted molar refractivity (Wildman–Crippen MR) is 72.5 cm³/mol. The summed E-state index contributed by atoms with van der Waals surface area (Å²) in [4.78, 5) is 14.4. The summed E-state index contributed by atoms with van der Waals surface area (Å²) < 4.78 is 0. The van der Waals surface area contributed by atoms with E-state index in [4.69, 9.17) is 5.11 Å². The molecule has 18 heavy (non-hydrogen) atoms. The van der Waals surface area contributed by atoms with E-state index >= 15 is 0 Å². The standard InChI is InChI=1S/C14H24N2O2/c1-15(2)11-5-4-6-12-7-9-13(10-8-12)16(3)14(17)18/h12-13H,5,7-11H2,1-3H3,(H,17,18). The van der Waals surface area contributed by atoms with E-state index in [1.165, 1.54) is 4.90 Å². The van der Waals surface area contributed by atoms with E-state index in [9.17, 15) is 4.79 Å². The number of amides is 1. The topological polar surface area (TPSA) is 43.8 Å². The quantitative estimate of drug-likeness (QED) is 0.782. The summed E-state index contributed by atoms with van der Waals surface area (Å²) >= 11 is 0. The van der Waals surface area contributed by atoms with E-state index in [2.05, 4.69) is 30.8 Å². The van der Waals surface area contributed by atoms with Gasteiger partial charge in [-0.25, -0.2) is 4.79 Å². The fourth-order valence-electron chi connectivity index (χ4n) is 2.26. The molecular formula is C14H24N2O2. The molecule has 0 bridgehead atoms. The molecule has 1 saturated carbocycles. The zero-order chi connectivity index (χ0) is 13.5. The van der Waals surface area contributed by atoms with Crippen molar-refractivity contribution in [3.8, 4) is 11.8 Å². The Morgan fingerprint density at radius 1 is 1.22 bits per heavy atom. The Bertz CT molecular complexity index is 322. The number of carboxylic acid groups (broad SMARTS) is 1. The molecule has 4 nitrogen and oxygen atoms in total. The number of nitrogens with zero attached hydrogens (tertiary/aromatic N) is 2. The van der Waals surface area contributed by atoms with Gasteiger partial charge in [0.2, 0.25) is 0 Å². The lowest BCUT2D eigenvalue weighted by atomic mass is 9.86. The highest BCUT2D eigenvalue weighted by Gasteiger charge is 2.25. The second-order valence-electron chi connectivity index (χ2n) is 5.27. The molecular weight excluding hydrogens is 228 g/mol. The van der Waals surface area contributed by atoms with Gasteiger partial charge in [-0.2, -0.15) is 0 Å². The van der Waals surface area contributed by atoms with E-state index in [1.54, 1.807) is 7.05 Å². The summed E-state index contributed by atoms with van der Waals surface area (Å²) in [6.45, 7) is 1.00. The molecule has 1 rings (SSSR count). The summed E-state index contributed by atoms with van der Waals surface area (Å²) in [5.41, 5.74) is 0. The number of carbonyl (C=O) groups is 1. The first-order valence-electron chi connectivity index (χ1n) is 6.59. The molecule has 1 N–H and O–H groups in total. The Labute approximate surface area is 110 Å². The molecule has 0 aromatic carbocycles. The van der Waals surface area contributed by atoms with Crippen molar-refractivity contribution in [1.29, 1.82) is 0 Å². The monoisotopic (exact) mass is 252 g/mol. The van der Waals surface area contributed by atoms with Gasteiger partial charge >= 0.3 is 6.09 Å². The van der Waals surface area contributed by atoms with Crippen molar-refractivity contribution < 1.29 is 9.90 Å². The molecule has 0 aromatic rings. The van der Waals surface area contributed by atoms with Crippen LogP contribution in [-0.2, 0) is 0 Å². The minimum Gasteiger partial charge on any atom is -0.465 e. The van der Waals surface area contributed by atoms with Crippen LogP contribution in [0.5, 0.6) is 0 Å². The van der Waals surface area contributed by atoms with Crippen LogP contribution in [0.15, 0.2) is 0 Å². The van der Waals surface area contributed by atoms with Gasteiger partial charge in [-0.05, 0) is 39.8 Å². The first kappa shape index (κ1) is 14.8. The van der Waals surface area contributed by atoms with Crippen LogP contribution in [0.3, 0.4) is 0 Å². The minimum absolute atomic E-state index is 0.183. The third-order valence-electron chi connectivity index (χ3n) is 3.54. The van der Waals surface area contributed by atoms with Crippen LogP contribution in [0.4, 0.5) is 4.79 Å². The van der Waals surface area contributed by atoms with Crippen LogP contribution in [0.25, 0.3) is 0 Å². The maximum atomic E-state index is 10.8. The van der Waals surface area contributed by atoms with Crippen LogP contribution in [0.1, 0.15) is 32.1 Å². The number of hydrogen-bond acceptors (Lipinski definition) is 2. The van der Waals surface area contributed by atoms with Crippen LogP contribution < -0.4 is 0 Å². The molecule has 0 saturated heterocycles. The zero-order valence-electron chi connectivity index (χ0n) is 11.6. The van der Waals surface area contributed by atoms with Gasteiger partial charge in [0.05, 0.1) is 0 Å². The van der Waals surface area contributed by atoms with Crippen molar-refractivity contribution in [3.05, 3.63) is 0 Å². The summed E-state index contributed by atoms with van der Waals surface area (Å²) in [6, 6.07) is 0.183. The molecule has 0 aliphatic heterocycles. The molecule has 0 spiro atoms. The lowest BCUT2D eigenvalue weighted by Crippen LogP contribution is -2.38. The lowest BCUT2D eigenvalue weighted by Gasteiger charge is -2.31. The minimum atomic E-state index is -0.824. The molecule has 1 aliphatic rings. The van der Waals surface area contributed by atoms with Crippen molar-refractivity contribution in [2.75, 3.05) is 27.7 Å². The summed E-state index contributed by atoms with van der Waals surface area (Å²) in [5, 5.41) is 8.92. The van der Waals surface area contributed by atoms with Gasteiger partial charge in [-0.15, -0.1) is 5.92 Å². The fourth-order valence-corrected chi connectivity index (χ4v) is 2.26. The summed E-state index contributed by atoms with van der Waals surface area (Å²) in [6.07, 6.45) is 4.03. The van der Waals surface area contributed by atoms with Crippen molar-refractivity contribution in [2.45, 2.75) is 38.1 Å². The van der Waals surface area contributed by atoms with E-state index in [1.807, 2.05) is 0 Å². The zero-order valence-corrected chi connectivity index (χ0v) is 11.6. The van der Waals surface area contributed by atoms with E-state index in [0.29, 0.717) is 5.92 Å². The maximum Gasteiger partial charge on any atom is 0.407 e. The van der Waals surface area contributed by atoms with Crippen LogP contribution >= 0.6 is 0 Å². The molecule has 0 unspecified atom stereocenters. The van der Waals surface area contributed by atoms with Crippen molar-refractivity contribution >= 4 is 6.09 Å². The average Bonchev–Trinajstić information content (AvgIpc) is 2.34. The number of rotatable bonds is 3. The highest BCUT2D eigenvalue weighted by atomic mass is 16.4. The smallest absolute Gasteiger partial charge is 0.407 e. The van der Waals surface area contributed by atoms with Gasteiger partial charge in [0.25, 0.3) is 0 Å². The molecule has 0 heterocycles. The van der Waals surface area contributed by atoms with Crippen molar-refractivity contribution in [3.63, 3.8) is 0 Å². The molecule has 1 fully saturated rings. The average molecular weight is 252 g/mol. The van der Waals surface area contributed by atoms with E-state index in [-0.39, 0.29) is 6.04 Å². The molecule has 1 aliphatic carbocycles. The van der Waals surface area contributed by atoms with Gasteiger partial charge in [0, 0.05) is 32.0 Å². The number of hydrogen-bond donors (Lipinski definition) is 1. The molecule has 102 valence electrons. The van der Waals surface area contributed by atoms with E-state index in [0.717, 1.165) is 38.6 Å². The largest absolute Gasteiger partial charge is 0.465 e. The first-order valence-corrected chi connectivity index (χ1v) is 6.59. The lowest BCUT2D eigenvalue weighted by molar-refractivity contribution is 0.123.